The molecule has 0 atom stereocenters. The zero-order chi connectivity index (χ0) is 14.9. The highest BCUT2D eigenvalue weighted by molar-refractivity contribution is 6.48. The van der Waals surface area contributed by atoms with E-state index in [0.717, 1.165) is 0 Å². The maximum absolute atomic E-state index is 11.4. The molecule has 1 heterocycles. The number of esters is 1. The Hall–Kier alpha value is -1.000. The van der Waals surface area contributed by atoms with Crippen LogP contribution in [-0.2, 0) is 4.74 Å². The van der Waals surface area contributed by atoms with Crippen molar-refractivity contribution in [3.63, 3.8) is 0 Å². The van der Waals surface area contributed by atoms with E-state index in [4.69, 9.17) is 46.4 Å². The lowest BCUT2D eigenvalue weighted by Crippen LogP contribution is -2.03. The number of rotatable bonds is 2. The third-order valence-electron chi connectivity index (χ3n) is 2.53. The molecule has 0 saturated carbocycles. The molecule has 0 N–H and O–H groups in total. The normalized spacial score (nSPS) is 10.4. The first kappa shape index (κ1) is 15.4. The van der Waals surface area contributed by atoms with Gasteiger partial charge in [-0.1, -0.05) is 46.4 Å². The molecule has 20 heavy (non-hydrogen) atoms. The predicted molar refractivity (Wildman–Crippen MR) is 81.1 cm³/mol. The van der Waals surface area contributed by atoms with Crippen LogP contribution in [0.3, 0.4) is 0 Å². The summed E-state index contributed by atoms with van der Waals surface area (Å²) in [5.41, 5.74) is 1.34. The molecular formula is C13H7Cl4NO2. The van der Waals surface area contributed by atoms with E-state index in [0.29, 0.717) is 21.3 Å². The van der Waals surface area contributed by atoms with Gasteiger partial charge >= 0.3 is 5.97 Å². The van der Waals surface area contributed by atoms with E-state index >= 15 is 0 Å². The van der Waals surface area contributed by atoms with Crippen molar-refractivity contribution in [1.29, 1.82) is 0 Å². The van der Waals surface area contributed by atoms with Gasteiger partial charge in [-0.25, -0.2) is 9.78 Å². The Morgan fingerprint density at radius 3 is 2.20 bits per heavy atom. The van der Waals surface area contributed by atoms with Crippen molar-refractivity contribution < 1.29 is 9.53 Å². The second-order valence-electron chi connectivity index (χ2n) is 3.78. The van der Waals surface area contributed by atoms with Crippen LogP contribution in [0.5, 0.6) is 0 Å². The topological polar surface area (TPSA) is 39.2 Å². The zero-order valence-electron chi connectivity index (χ0n) is 10.1. The van der Waals surface area contributed by atoms with Gasteiger partial charge in [0.25, 0.3) is 0 Å². The Morgan fingerprint density at radius 1 is 1.10 bits per heavy atom. The van der Waals surface area contributed by atoms with Crippen molar-refractivity contribution in [2.75, 3.05) is 7.11 Å². The molecule has 0 spiro atoms. The molecule has 1 aromatic heterocycles. The second-order valence-corrected chi connectivity index (χ2v) is 5.33. The van der Waals surface area contributed by atoms with Gasteiger partial charge in [-0.15, -0.1) is 0 Å². The summed E-state index contributed by atoms with van der Waals surface area (Å²) in [4.78, 5) is 15.6. The van der Waals surface area contributed by atoms with Crippen molar-refractivity contribution in [3.05, 3.63) is 50.0 Å². The summed E-state index contributed by atoms with van der Waals surface area (Å²) in [6, 6.07) is 6.37. The highest BCUT2D eigenvalue weighted by Crippen LogP contribution is 2.35. The minimum Gasteiger partial charge on any atom is -0.465 e. The summed E-state index contributed by atoms with van der Waals surface area (Å²) in [5, 5.41) is 0.930. The number of benzene rings is 1. The number of carbonyl (C=O) groups excluding carboxylic acids is 1. The Balaban J connectivity index is 2.49. The molecule has 0 fully saturated rings. The SMILES string of the molecule is COC(=O)c1ccc(-c2cc(Cl)c(Cl)c(Cl)c2)nc1Cl. The van der Waals surface area contributed by atoms with Gasteiger partial charge in [0, 0.05) is 5.56 Å². The van der Waals surface area contributed by atoms with Gasteiger partial charge in [0.05, 0.1) is 33.4 Å². The molecule has 0 bridgehead atoms. The largest absolute Gasteiger partial charge is 0.465 e. The molecule has 7 heteroatoms. The van der Waals surface area contributed by atoms with Crippen molar-refractivity contribution >= 4 is 52.4 Å². The number of aromatic nitrogens is 1. The minimum absolute atomic E-state index is 0.0385. The van der Waals surface area contributed by atoms with Crippen LogP contribution in [0.25, 0.3) is 11.3 Å². The van der Waals surface area contributed by atoms with Gasteiger partial charge < -0.3 is 4.74 Å². The van der Waals surface area contributed by atoms with E-state index in [-0.39, 0.29) is 15.7 Å². The van der Waals surface area contributed by atoms with Gasteiger partial charge in [0.1, 0.15) is 5.15 Å². The quantitative estimate of drug-likeness (QED) is 0.427. The smallest absolute Gasteiger partial charge is 0.341 e. The van der Waals surface area contributed by atoms with Crippen LogP contribution >= 0.6 is 46.4 Å². The number of carbonyl (C=O) groups is 1. The molecule has 1 aromatic carbocycles. The maximum atomic E-state index is 11.4. The summed E-state index contributed by atoms with van der Waals surface area (Å²) < 4.78 is 4.59. The van der Waals surface area contributed by atoms with Crippen LogP contribution in [0, 0.1) is 0 Å². The fraction of sp³-hybridized carbons (Fsp3) is 0.0769. The van der Waals surface area contributed by atoms with Gasteiger partial charge in [0.15, 0.2) is 0 Å². The summed E-state index contributed by atoms with van der Waals surface area (Å²) in [6.07, 6.45) is 0. The molecule has 3 nitrogen and oxygen atoms in total. The van der Waals surface area contributed by atoms with E-state index < -0.39 is 5.97 Å². The van der Waals surface area contributed by atoms with Crippen LogP contribution in [-0.4, -0.2) is 18.1 Å². The van der Waals surface area contributed by atoms with E-state index in [1.165, 1.54) is 13.2 Å². The predicted octanol–water partition coefficient (Wildman–Crippen LogP) is 5.15. The molecule has 0 aliphatic carbocycles. The molecule has 2 aromatic rings. The van der Waals surface area contributed by atoms with Crippen molar-refractivity contribution in [1.82, 2.24) is 4.98 Å². The van der Waals surface area contributed by atoms with Gasteiger partial charge in [0.2, 0.25) is 0 Å². The summed E-state index contributed by atoms with van der Waals surface area (Å²) in [6.45, 7) is 0. The number of hydrogen-bond donors (Lipinski definition) is 0. The van der Waals surface area contributed by atoms with Gasteiger partial charge in [-0.05, 0) is 24.3 Å². The Labute approximate surface area is 135 Å². The van der Waals surface area contributed by atoms with Crippen LogP contribution < -0.4 is 0 Å². The second kappa shape index (κ2) is 6.19. The molecule has 104 valence electrons. The van der Waals surface area contributed by atoms with Crippen LogP contribution in [0.1, 0.15) is 10.4 Å². The van der Waals surface area contributed by atoms with Gasteiger partial charge in [-0.3, -0.25) is 0 Å². The lowest BCUT2D eigenvalue weighted by Gasteiger charge is -2.07. The molecule has 2 rings (SSSR count). The first-order chi connectivity index (χ1) is 9.43. The average molecular weight is 351 g/mol. The number of hydrogen-bond acceptors (Lipinski definition) is 3. The molecule has 0 radical (unpaired) electrons. The summed E-state index contributed by atoms with van der Waals surface area (Å²) >= 11 is 23.8. The standard InChI is InChI=1S/C13H7Cl4NO2/c1-20-13(19)7-2-3-10(18-12(7)17)6-4-8(14)11(16)9(15)5-6/h2-5H,1H3. The Bertz CT molecular complexity index is 665. The fourth-order valence-electron chi connectivity index (χ4n) is 1.56. The summed E-state index contributed by atoms with van der Waals surface area (Å²) in [7, 11) is 1.27. The molecule has 0 aliphatic heterocycles. The first-order valence-electron chi connectivity index (χ1n) is 5.34. The van der Waals surface area contributed by atoms with E-state index in [2.05, 4.69) is 9.72 Å². The molecule has 0 aliphatic rings. The summed E-state index contributed by atoms with van der Waals surface area (Å²) in [5.74, 6) is -0.554. The van der Waals surface area contributed by atoms with E-state index in [9.17, 15) is 4.79 Å². The van der Waals surface area contributed by atoms with Crippen molar-refractivity contribution in [3.8, 4) is 11.3 Å². The third-order valence-corrected chi connectivity index (χ3v) is 4.02. The van der Waals surface area contributed by atoms with E-state index in [1.807, 2.05) is 0 Å². The third kappa shape index (κ3) is 3.01. The average Bonchev–Trinajstić information content (AvgIpc) is 2.43. The molecule has 0 amide bonds. The molecular weight excluding hydrogens is 344 g/mol. The first-order valence-corrected chi connectivity index (χ1v) is 6.85. The molecule has 0 saturated heterocycles. The number of ether oxygens (including phenoxy) is 1. The fourth-order valence-corrected chi connectivity index (χ4v) is 2.39. The lowest BCUT2D eigenvalue weighted by atomic mass is 10.1. The van der Waals surface area contributed by atoms with Crippen molar-refractivity contribution in [2.24, 2.45) is 0 Å². The van der Waals surface area contributed by atoms with Crippen LogP contribution in [0.2, 0.25) is 20.2 Å². The minimum atomic E-state index is -0.554. The zero-order valence-corrected chi connectivity index (χ0v) is 13.1. The van der Waals surface area contributed by atoms with E-state index in [1.54, 1.807) is 18.2 Å². The highest BCUT2D eigenvalue weighted by atomic mass is 35.5. The number of methoxy groups -OCH3 is 1. The van der Waals surface area contributed by atoms with Crippen LogP contribution in [0.15, 0.2) is 24.3 Å². The number of nitrogens with zero attached hydrogens (tertiary/aromatic N) is 1. The Morgan fingerprint density at radius 2 is 1.70 bits per heavy atom. The monoisotopic (exact) mass is 349 g/mol. The number of halogens is 4. The number of pyridine rings is 1. The van der Waals surface area contributed by atoms with Crippen LogP contribution in [0.4, 0.5) is 0 Å². The highest BCUT2D eigenvalue weighted by Gasteiger charge is 2.14. The molecule has 0 unspecified atom stereocenters. The Kier molecular flexibility index (Phi) is 4.76. The van der Waals surface area contributed by atoms with Gasteiger partial charge in [-0.2, -0.15) is 0 Å². The maximum Gasteiger partial charge on any atom is 0.341 e. The van der Waals surface area contributed by atoms with Crippen molar-refractivity contribution in [2.45, 2.75) is 0 Å². The lowest BCUT2D eigenvalue weighted by molar-refractivity contribution is 0.0600.